The predicted octanol–water partition coefficient (Wildman–Crippen LogP) is 5.73. The van der Waals surface area contributed by atoms with E-state index in [4.69, 9.17) is 9.47 Å². The molecule has 1 aromatic heterocycles. The summed E-state index contributed by atoms with van der Waals surface area (Å²) in [7, 11) is -1.93. The Morgan fingerprint density at radius 3 is 2.30 bits per heavy atom. The van der Waals surface area contributed by atoms with Crippen LogP contribution in [0.1, 0.15) is 23.1 Å². The fourth-order valence-corrected chi connectivity index (χ4v) is 6.36. The molecular weight excluding hydrogens is 581 g/mol. The molecule has 0 spiro atoms. The lowest BCUT2D eigenvalue weighted by Crippen LogP contribution is -2.36. The fraction of sp³-hybridized carbons (Fsp3) is 0.258. The van der Waals surface area contributed by atoms with Crippen LogP contribution in [0.4, 0.5) is 24.7 Å². The SMILES string of the molecule is COc1ccc(CN(c2ccccn2)S(=O)(=O)c2c(F)cc(NCc3c(F)cccc3CN3CCC3)cc2F)c(OC)c1. The number of methoxy groups -OCH3 is 2. The monoisotopic (exact) mass is 612 g/mol. The van der Waals surface area contributed by atoms with Crippen LogP contribution in [-0.4, -0.2) is 45.6 Å². The van der Waals surface area contributed by atoms with Gasteiger partial charge in [-0.3, -0.25) is 4.90 Å². The number of benzene rings is 3. The smallest absolute Gasteiger partial charge is 0.271 e. The molecule has 8 nitrogen and oxygen atoms in total. The summed E-state index contributed by atoms with van der Waals surface area (Å²) in [5.74, 6) is -2.30. The number of aromatic nitrogens is 1. The molecule has 0 amide bonds. The molecule has 5 rings (SSSR count). The maximum Gasteiger partial charge on any atom is 0.271 e. The summed E-state index contributed by atoms with van der Waals surface area (Å²) in [6.45, 7) is 2.04. The number of sulfonamides is 1. The van der Waals surface area contributed by atoms with E-state index >= 15 is 8.78 Å². The fourth-order valence-electron chi connectivity index (χ4n) is 4.87. The number of hydrogen-bond donors (Lipinski definition) is 1. The maximum absolute atomic E-state index is 15.5. The zero-order chi connectivity index (χ0) is 30.6. The molecule has 0 saturated carbocycles. The molecule has 0 unspecified atom stereocenters. The van der Waals surface area contributed by atoms with Gasteiger partial charge in [0.2, 0.25) is 0 Å². The number of nitrogens with zero attached hydrogens (tertiary/aromatic N) is 3. The van der Waals surface area contributed by atoms with Gasteiger partial charge in [-0.2, -0.15) is 0 Å². The topological polar surface area (TPSA) is 84.0 Å². The minimum absolute atomic E-state index is 0.0340. The zero-order valence-corrected chi connectivity index (χ0v) is 24.5. The third-order valence-electron chi connectivity index (χ3n) is 7.29. The predicted molar refractivity (Wildman–Crippen MR) is 157 cm³/mol. The number of pyridine rings is 1. The molecule has 226 valence electrons. The zero-order valence-electron chi connectivity index (χ0n) is 23.7. The van der Waals surface area contributed by atoms with E-state index < -0.39 is 32.4 Å². The van der Waals surface area contributed by atoms with E-state index in [1.165, 1.54) is 32.5 Å². The van der Waals surface area contributed by atoms with Gasteiger partial charge in [0.1, 0.15) is 34.8 Å². The van der Waals surface area contributed by atoms with Gasteiger partial charge in [-0.25, -0.2) is 30.9 Å². The maximum atomic E-state index is 15.5. The third-order valence-corrected chi connectivity index (χ3v) is 9.09. The molecule has 43 heavy (non-hydrogen) atoms. The molecule has 2 heterocycles. The number of anilines is 2. The average Bonchev–Trinajstić information content (AvgIpc) is 2.97. The van der Waals surface area contributed by atoms with Gasteiger partial charge in [0.15, 0.2) is 4.90 Å². The molecular formula is C31H31F3N4O4S. The first kappa shape index (κ1) is 30.2. The Bertz CT molecular complexity index is 1680. The first-order valence-electron chi connectivity index (χ1n) is 13.6. The van der Waals surface area contributed by atoms with Crippen LogP contribution in [0, 0.1) is 17.5 Å². The third kappa shape index (κ3) is 6.55. The lowest BCUT2D eigenvalue weighted by atomic mass is 10.0. The summed E-state index contributed by atoms with van der Waals surface area (Å²) in [5, 5.41) is 2.85. The van der Waals surface area contributed by atoms with Crippen molar-refractivity contribution in [1.29, 1.82) is 0 Å². The van der Waals surface area contributed by atoms with Crippen molar-refractivity contribution >= 4 is 21.5 Å². The largest absolute Gasteiger partial charge is 0.497 e. The molecule has 1 N–H and O–H groups in total. The summed E-state index contributed by atoms with van der Waals surface area (Å²) in [4.78, 5) is 5.16. The molecule has 1 fully saturated rings. The minimum Gasteiger partial charge on any atom is -0.497 e. The summed E-state index contributed by atoms with van der Waals surface area (Å²) in [6.07, 6.45) is 2.46. The van der Waals surface area contributed by atoms with E-state index in [1.807, 2.05) is 6.07 Å². The molecule has 0 atom stereocenters. The Balaban J connectivity index is 1.45. The van der Waals surface area contributed by atoms with Gasteiger partial charge >= 0.3 is 0 Å². The number of hydrogen-bond acceptors (Lipinski definition) is 7. The average molecular weight is 613 g/mol. The van der Waals surface area contributed by atoms with Crippen molar-refractivity contribution in [3.05, 3.63) is 107 Å². The van der Waals surface area contributed by atoms with Gasteiger partial charge in [-0.1, -0.05) is 18.2 Å². The van der Waals surface area contributed by atoms with Crippen molar-refractivity contribution < 1.29 is 31.1 Å². The van der Waals surface area contributed by atoms with Crippen LogP contribution in [-0.2, 0) is 29.7 Å². The summed E-state index contributed by atoms with van der Waals surface area (Å²) in [5.41, 5.74) is 1.53. The van der Waals surface area contributed by atoms with Gasteiger partial charge in [-0.15, -0.1) is 0 Å². The summed E-state index contributed by atoms with van der Waals surface area (Å²) in [6, 6.07) is 15.9. The Kier molecular flexibility index (Phi) is 9.07. The van der Waals surface area contributed by atoms with Crippen LogP contribution in [0.2, 0.25) is 0 Å². The number of likely N-dealkylation sites (tertiary alicyclic amines) is 1. The Labute approximate surface area is 248 Å². The molecule has 12 heteroatoms. The highest BCUT2D eigenvalue weighted by molar-refractivity contribution is 7.92. The van der Waals surface area contributed by atoms with Crippen LogP contribution >= 0.6 is 0 Å². The van der Waals surface area contributed by atoms with E-state index in [0.717, 1.165) is 41.5 Å². The Morgan fingerprint density at radius 1 is 0.907 bits per heavy atom. The lowest BCUT2D eigenvalue weighted by Gasteiger charge is -2.31. The standard InChI is InChI=1S/C31H31F3N4O4S/c1-41-24-11-10-22(29(17-24)42-2)20-38(30-9-3-4-12-35-30)43(39,40)31-27(33)15-23(16-28(31)34)36-18-25-21(7-5-8-26(25)32)19-37-13-6-14-37/h3-5,7-12,15-17,36H,6,13-14,18-20H2,1-2H3. The number of rotatable bonds is 12. The van der Waals surface area contributed by atoms with E-state index in [2.05, 4.69) is 15.2 Å². The van der Waals surface area contributed by atoms with Crippen molar-refractivity contribution in [3.63, 3.8) is 0 Å². The van der Waals surface area contributed by atoms with E-state index in [1.54, 1.807) is 36.4 Å². The molecule has 1 aliphatic rings. The summed E-state index contributed by atoms with van der Waals surface area (Å²) >= 11 is 0. The second-order valence-corrected chi connectivity index (χ2v) is 11.8. The highest BCUT2D eigenvalue weighted by atomic mass is 32.2. The normalized spacial score (nSPS) is 13.3. The highest BCUT2D eigenvalue weighted by Gasteiger charge is 2.33. The van der Waals surface area contributed by atoms with Crippen molar-refractivity contribution in [2.75, 3.05) is 36.9 Å². The second-order valence-electron chi connectivity index (χ2n) is 10.0. The van der Waals surface area contributed by atoms with E-state index in [9.17, 15) is 12.8 Å². The molecule has 3 aromatic carbocycles. The Morgan fingerprint density at radius 2 is 1.67 bits per heavy atom. The number of nitrogens with one attached hydrogen (secondary N) is 1. The van der Waals surface area contributed by atoms with Crippen LogP contribution < -0.4 is 19.1 Å². The molecule has 0 bridgehead atoms. The van der Waals surface area contributed by atoms with Gasteiger partial charge < -0.3 is 14.8 Å². The van der Waals surface area contributed by atoms with Gasteiger partial charge in [0, 0.05) is 42.2 Å². The summed E-state index contributed by atoms with van der Waals surface area (Å²) < 4.78 is 85.0. The molecule has 4 aromatic rings. The van der Waals surface area contributed by atoms with Crippen molar-refractivity contribution in [3.8, 4) is 11.5 Å². The first-order chi connectivity index (χ1) is 20.7. The Hall–Kier alpha value is -4.29. The lowest BCUT2D eigenvalue weighted by molar-refractivity contribution is 0.172. The quantitative estimate of drug-likeness (QED) is 0.219. The van der Waals surface area contributed by atoms with Crippen molar-refractivity contribution in [1.82, 2.24) is 9.88 Å². The first-order valence-corrected chi connectivity index (χ1v) is 15.0. The molecule has 0 radical (unpaired) electrons. The second kappa shape index (κ2) is 12.9. The highest BCUT2D eigenvalue weighted by Crippen LogP contribution is 2.33. The number of halogens is 3. The van der Waals surface area contributed by atoms with E-state index in [-0.39, 0.29) is 24.6 Å². The van der Waals surface area contributed by atoms with Crippen molar-refractivity contribution in [2.45, 2.75) is 31.0 Å². The van der Waals surface area contributed by atoms with Crippen molar-refractivity contribution in [2.24, 2.45) is 0 Å². The van der Waals surface area contributed by atoms with Crippen LogP contribution in [0.3, 0.4) is 0 Å². The van der Waals surface area contributed by atoms with Crippen LogP contribution in [0.5, 0.6) is 11.5 Å². The van der Waals surface area contributed by atoms with Gasteiger partial charge in [-0.05, 0) is 67.5 Å². The van der Waals surface area contributed by atoms with Crippen LogP contribution in [0.25, 0.3) is 0 Å². The van der Waals surface area contributed by atoms with Gasteiger partial charge in [0.05, 0.1) is 20.8 Å². The van der Waals surface area contributed by atoms with E-state index in [0.29, 0.717) is 29.2 Å². The molecule has 1 aliphatic heterocycles. The molecule has 1 saturated heterocycles. The number of ether oxygens (including phenoxy) is 2. The minimum atomic E-state index is -4.82. The molecule has 0 aliphatic carbocycles. The van der Waals surface area contributed by atoms with Crippen LogP contribution in [0.15, 0.2) is 77.8 Å². The van der Waals surface area contributed by atoms with Gasteiger partial charge in [0.25, 0.3) is 10.0 Å².